The predicted molar refractivity (Wildman–Crippen MR) is 77.9 cm³/mol. The summed E-state index contributed by atoms with van der Waals surface area (Å²) in [4.78, 5) is 0. The molecule has 1 heterocycles. The molecule has 3 rings (SSSR count). The van der Waals surface area contributed by atoms with Gasteiger partial charge in [-0.25, -0.2) is 0 Å². The number of rotatable bonds is 4. The molecule has 1 aliphatic heterocycles. The summed E-state index contributed by atoms with van der Waals surface area (Å²) < 4.78 is 16.3. The average Bonchev–Trinajstić information content (AvgIpc) is 2.54. The predicted octanol–water partition coefficient (Wildman–Crippen LogP) is 2.97. The second-order valence-electron chi connectivity index (χ2n) is 4.97. The Morgan fingerprint density at radius 1 is 1.14 bits per heavy atom. The number of hydrogen-bond acceptors (Lipinski definition) is 4. The van der Waals surface area contributed by atoms with Crippen LogP contribution in [0.2, 0.25) is 0 Å². The van der Waals surface area contributed by atoms with Crippen molar-refractivity contribution in [3.63, 3.8) is 0 Å². The fourth-order valence-electron chi connectivity index (χ4n) is 2.62. The highest BCUT2D eigenvalue weighted by atomic mass is 16.7. The van der Waals surface area contributed by atoms with Gasteiger partial charge < -0.3 is 19.3 Å². The molecule has 4 heteroatoms. The molecule has 110 valence electrons. The van der Waals surface area contributed by atoms with Crippen LogP contribution in [0.15, 0.2) is 48.5 Å². The molecule has 0 radical (unpaired) electrons. The highest BCUT2D eigenvalue weighted by Crippen LogP contribution is 2.39. The Kier molecular flexibility index (Phi) is 4.20. The lowest BCUT2D eigenvalue weighted by Crippen LogP contribution is -2.21. The second kappa shape index (κ2) is 6.26. The maximum absolute atomic E-state index is 10.2. The van der Waals surface area contributed by atoms with Crippen LogP contribution in [0.3, 0.4) is 0 Å². The van der Waals surface area contributed by atoms with Crippen molar-refractivity contribution >= 4 is 0 Å². The van der Waals surface area contributed by atoms with Crippen molar-refractivity contribution in [1.82, 2.24) is 0 Å². The molecule has 0 fully saturated rings. The smallest absolute Gasteiger partial charge is 0.188 e. The highest BCUT2D eigenvalue weighted by molar-refractivity contribution is 5.43. The lowest BCUT2D eigenvalue weighted by atomic mass is 9.93. The van der Waals surface area contributed by atoms with Gasteiger partial charge in [0.05, 0.1) is 6.10 Å². The molecule has 4 nitrogen and oxygen atoms in total. The van der Waals surface area contributed by atoms with Crippen LogP contribution in [0.1, 0.15) is 29.1 Å². The molecular formula is C17H18O4. The first-order valence-corrected chi connectivity index (χ1v) is 6.91. The molecular weight excluding hydrogens is 268 g/mol. The third kappa shape index (κ3) is 2.93. The number of methoxy groups -OCH3 is 1. The molecule has 21 heavy (non-hydrogen) atoms. The standard InChI is InChI=1S/C17H18O4/c1-19-11-20-15-9-5-8-13-14(15)10-16(21-17(13)18)12-6-3-2-4-7-12/h2-9,16-18H,10-11H2,1H3. The van der Waals surface area contributed by atoms with Gasteiger partial charge >= 0.3 is 0 Å². The summed E-state index contributed by atoms with van der Waals surface area (Å²) in [6.07, 6.45) is -0.456. The van der Waals surface area contributed by atoms with E-state index < -0.39 is 6.29 Å². The molecule has 0 aromatic heterocycles. The van der Waals surface area contributed by atoms with Crippen LogP contribution in [-0.4, -0.2) is 19.0 Å². The molecule has 0 spiro atoms. The normalized spacial score (nSPS) is 20.9. The van der Waals surface area contributed by atoms with Gasteiger partial charge in [-0.3, -0.25) is 0 Å². The van der Waals surface area contributed by atoms with E-state index in [9.17, 15) is 5.11 Å². The van der Waals surface area contributed by atoms with Crippen molar-refractivity contribution in [3.8, 4) is 5.75 Å². The van der Waals surface area contributed by atoms with Crippen molar-refractivity contribution in [3.05, 3.63) is 65.2 Å². The molecule has 0 saturated carbocycles. The Morgan fingerprint density at radius 2 is 1.95 bits per heavy atom. The summed E-state index contributed by atoms with van der Waals surface area (Å²) in [5.74, 6) is 0.734. The summed E-state index contributed by atoms with van der Waals surface area (Å²) in [5, 5.41) is 10.2. The number of hydrogen-bond donors (Lipinski definition) is 1. The average molecular weight is 286 g/mol. The molecule has 1 aliphatic rings. The van der Waals surface area contributed by atoms with E-state index in [2.05, 4.69) is 0 Å². The number of aliphatic hydroxyl groups is 1. The van der Waals surface area contributed by atoms with Crippen LogP contribution in [0.25, 0.3) is 0 Å². The van der Waals surface area contributed by atoms with Crippen LogP contribution in [-0.2, 0) is 15.9 Å². The van der Waals surface area contributed by atoms with Crippen LogP contribution < -0.4 is 4.74 Å². The molecule has 0 amide bonds. The number of fused-ring (bicyclic) bond motifs is 1. The zero-order valence-corrected chi connectivity index (χ0v) is 11.9. The molecule has 2 aromatic rings. The maximum Gasteiger partial charge on any atom is 0.188 e. The van der Waals surface area contributed by atoms with Crippen molar-refractivity contribution in [2.75, 3.05) is 13.9 Å². The van der Waals surface area contributed by atoms with Crippen LogP contribution in [0.5, 0.6) is 5.75 Å². The molecule has 2 atom stereocenters. The molecule has 0 saturated heterocycles. The Hall–Kier alpha value is -1.88. The fraction of sp³-hybridized carbons (Fsp3) is 0.294. The van der Waals surface area contributed by atoms with Gasteiger partial charge in [0.2, 0.25) is 0 Å². The lowest BCUT2D eigenvalue weighted by Gasteiger charge is -2.30. The van der Waals surface area contributed by atoms with Crippen LogP contribution in [0, 0.1) is 0 Å². The first kappa shape index (κ1) is 14.1. The summed E-state index contributed by atoms with van der Waals surface area (Å²) in [7, 11) is 1.58. The molecule has 2 unspecified atom stereocenters. The van der Waals surface area contributed by atoms with E-state index in [1.807, 2.05) is 48.5 Å². The minimum atomic E-state index is -0.940. The van der Waals surface area contributed by atoms with E-state index in [0.29, 0.717) is 6.42 Å². The Labute approximate surface area is 123 Å². The monoisotopic (exact) mass is 286 g/mol. The van der Waals surface area contributed by atoms with Gasteiger partial charge in [0.15, 0.2) is 13.1 Å². The first-order chi connectivity index (χ1) is 10.3. The second-order valence-corrected chi connectivity index (χ2v) is 4.97. The van der Waals surface area contributed by atoms with Gasteiger partial charge in [-0.15, -0.1) is 0 Å². The molecule has 2 aromatic carbocycles. The summed E-state index contributed by atoms with van der Waals surface area (Å²) >= 11 is 0. The first-order valence-electron chi connectivity index (χ1n) is 6.91. The van der Waals surface area contributed by atoms with Crippen molar-refractivity contribution in [2.24, 2.45) is 0 Å². The zero-order chi connectivity index (χ0) is 14.7. The van der Waals surface area contributed by atoms with E-state index in [-0.39, 0.29) is 12.9 Å². The zero-order valence-electron chi connectivity index (χ0n) is 11.9. The fourth-order valence-corrected chi connectivity index (χ4v) is 2.62. The van der Waals surface area contributed by atoms with E-state index in [4.69, 9.17) is 14.2 Å². The molecule has 0 aliphatic carbocycles. The van der Waals surface area contributed by atoms with Gasteiger partial charge in [0.1, 0.15) is 5.75 Å². The summed E-state index contributed by atoms with van der Waals surface area (Å²) in [5.41, 5.74) is 2.78. The van der Waals surface area contributed by atoms with Gasteiger partial charge in [-0.05, 0) is 11.6 Å². The SMILES string of the molecule is COCOc1cccc2c1CC(c1ccccc1)OC2O. The Morgan fingerprint density at radius 3 is 2.71 bits per heavy atom. The summed E-state index contributed by atoms with van der Waals surface area (Å²) in [6, 6.07) is 15.5. The van der Waals surface area contributed by atoms with Gasteiger partial charge in [-0.2, -0.15) is 0 Å². The van der Waals surface area contributed by atoms with E-state index in [1.165, 1.54) is 0 Å². The molecule has 1 N–H and O–H groups in total. The van der Waals surface area contributed by atoms with Gasteiger partial charge in [-0.1, -0.05) is 42.5 Å². The maximum atomic E-state index is 10.2. The van der Waals surface area contributed by atoms with Crippen molar-refractivity contribution in [1.29, 1.82) is 0 Å². The number of ether oxygens (including phenoxy) is 3. The van der Waals surface area contributed by atoms with Crippen molar-refractivity contribution in [2.45, 2.75) is 18.8 Å². The minimum Gasteiger partial charge on any atom is -0.467 e. The largest absolute Gasteiger partial charge is 0.467 e. The quantitative estimate of drug-likeness (QED) is 0.878. The van der Waals surface area contributed by atoms with Gasteiger partial charge in [0.25, 0.3) is 0 Å². The highest BCUT2D eigenvalue weighted by Gasteiger charge is 2.29. The number of benzene rings is 2. The van der Waals surface area contributed by atoms with Gasteiger partial charge in [0, 0.05) is 24.7 Å². The third-order valence-corrected chi connectivity index (χ3v) is 3.62. The Balaban J connectivity index is 1.92. The van der Waals surface area contributed by atoms with E-state index in [1.54, 1.807) is 7.11 Å². The van der Waals surface area contributed by atoms with E-state index in [0.717, 1.165) is 22.4 Å². The van der Waals surface area contributed by atoms with E-state index >= 15 is 0 Å². The number of aliphatic hydroxyl groups excluding tert-OH is 1. The topological polar surface area (TPSA) is 47.9 Å². The minimum absolute atomic E-state index is 0.180. The van der Waals surface area contributed by atoms with Crippen LogP contribution in [0.4, 0.5) is 0 Å². The lowest BCUT2D eigenvalue weighted by molar-refractivity contribution is -0.151. The Bertz CT molecular complexity index is 597. The van der Waals surface area contributed by atoms with Crippen molar-refractivity contribution < 1.29 is 19.3 Å². The van der Waals surface area contributed by atoms with Crippen LogP contribution >= 0.6 is 0 Å². The summed E-state index contributed by atoms with van der Waals surface area (Å²) in [6.45, 7) is 0.184. The third-order valence-electron chi connectivity index (χ3n) is 3.62. The molecule has 0 bridgehead atoms.